The minimum atomic E-state index is -0.249. The summed E-state index contributed by atoms with van der Waals surface area (Å²) in [5.41, 5.74) is 4.01. The Bertz CT molecular complexity index is 1010. The molecule has 2 amide bonds. The van der Waals surface area contributed by atoms with Crippen molar-refractivity contribution < 1.29 is 14.5 Å². The summed E-state index contributed by atoms with van der Waals surface area (Å²) >= 11 is 1.71. The topological polar surface area (TPSA) is 62.6 Å². The zero-order chi connectivity index (χ0) is 20.8. The van der Waals surface area contributed by atoms with Crippen LogP contribution in [0.25, 0.3) is 0 Å². The molecule has 0 aliphatic carbocycles. The fourth-order valence-corrected chi connectivity index (χ4v) is 4.12. The summed E-state index contributed by atoms with van der Waals surface area (Å²) in [4.78, 5) is 27.7. The molecule has 0 saturated carbocycles. The summed E-state index contributed by atoms with van der Waals surface area (Å²) in [7, 11) is 2.00. The SMILES string of the molecule is Cc1cccc(NC(=O)c2ccccc2NC(=O)C[NH+](C)Cc2sccc2C)c1. The highest BCUT2D eigenvalue weighted by molar-refractivity contribution is 7.10. The van der Waals surface area contributed by atoms with Gasteiger partial charge < -0.3 is 15.5 Å². The van der Waals surface area contributed by atoms with E-state index in [1.165, 1.54) is 10.4 Å². The fourth-order valence-electron chi connectivity index (χ4n) is 3.10. The first-order valence-corrected chi connectivity index (χ1v) is 10.4. The quantitative estimate of drug-likeness (QED) is 0.562. The molecule has 2 aromatic carbocycles. The lowest BCUT2D eigenvalue weighted by Gasteiger charge is -2.15. The van der Waals surface area contributed by atoms with Crippen LogP contribution in [0.5, 0.6) is 0 Å². The van der Waals surface area contributed by atoms with E-state index < -0.39 is 0 Å². The van der Waals surface area contributed by atoms with Crippen LogP contribution >= 0.6 is 11.3 Å². The average Bonchev–Trinajstić information content (AvgIpc) is 3.06. The van der Waals surface area contributed by atoms with Gasteiger partial charge in [0.25, 0.3) is 11.8 Å². The highest BCUT2D eigenvalue weighted by Crippen LogP contribution is 2.18. The van der Waals surface area contributed by atoms with Gasteiger partial charge in [-0.25, -0.2) is 0 Å². The third-order valence-corrected chi connectivity index (χ3v) is 5.64. The Morgan fingerprint density at radius 2 is 1.79 bits per heavy atom. The Kier molecular flexibility index (Phi) is 6.80. The van der Waals surface area contributed by atoms with Crippen LogP contribution in [0.4, 0.5) is 11.4 Å². The summed E-state index contributed by atoms with van der Waals surface area (Å²) in [6, 6.07) is 16.8. The van der Waals surface area contributed by atoms with E-state index in [1.54, 1.807) is 29.5 Å². The molecule has 0 radical (unpaired) electrons. The Morgan fingerprint density at radius 1 is 1.00 bits per heavy atom. The number of hydrogen-bond donors (Lipinski definition) is 3. The third-order valence-electron chi connectivity index (χ3n) is 4.61. The van der Waals surface area contributed by atoms with Gasteiger partial charge in [0.2, 0.25) is 0 Å². The molecule has 0 spiro atoms. The van der Waals surface area contributed by atoms with Crippen molar-refractivity contribution in [2.75, 3.05) is 24.2 Å². The van der Waals surface area contributed by atoms with Crippen LogP contribution in [0.1, 0.15) is 26.4 Å². The van der Waals surface area contributed by atoms with Crippen LogP contribution in [-0.2, 0) is 11.3 Å². The summed E-state index contributed by atoms with van der Waals surface area (Å²) in [5.74, 6) is -0.367. The van der Waals surface area contributed by atoms with E-state index in [1.807, 2.05) is 44.3 Å². The number of hydrogen-bond acceptors (Lipinski definition) is 3. The number of thiophene rings is 1. The Hall–Kier alpha value is -2.96. The lowest BCUT2D eigenvalue weighted by Crippen LogP contribution is -3.08. The van der Waals surface area contributed by atoms with E-state index in [4.69, 9.17) is 0 Å². The van der Waals surface area contributed by atoms with Crippen molar-refractivity contribution in [1.29, 1.82) is 0 Å². The number of carbonyl (C=O) groups excluding carboxylic acids is 2. The van der Waals surface area contributed by atoms with Crippen molar-refractivity contribution >= 4 is 34.5 Å². The molecule has 3 aromatic rings. The van der Waals surface area contributed by atoms with E-state index in [-0.39, 0.29) is 11.8 Å². The van der Waals surface area contributed by atoms with Crippen LogP contribution < -0.4 is 15.5 Å². The van der Waals surface area contributed by atoms with E-state index >= 15 is 0 Å². The molecule has 5 nitrogen and oxygen atoms in total. The van der Waals surface area contributed by atoms with E-state index in [9.17, 15) is 9.59 Å². The molecule has 29 heavy (non-hydrogen) atoms. The van der Waals surface area contributed by atoms with E-state index in [2.05, 4.69) is 29.0 Å². The lowest BCUT2D eigenvalue weighted by molar-refractivity contribution is -0.884. The summed E-state index contributed by atoms with van der Waals surface area (Å²) < 4.78 is 0. The number of likely N-dealkylation sites (N-methyl/N-ethyl adjacent to an activating group) is 1. The van der Waals surface area contributed by atoms with Crippen molar-refractivity contribution in [3.8, 4) is 0 Å². The van der Waals surface area contributed by atoms with Gasteiger partial charge in [0.1, 0.15) is 6.54 Å². The molecule has 0 saturated heterocycles. The van der Waals surface area contributed by atoms with Crippen LogP contribution in [0.2, 0.25) is 0 Å². The average molecular weight is 409 g/mol. The zero-order valence-electron chi connectivity index (χ0n) is 16.9. The van der Waals surface area contributed by atoms with Gasteiger partial charge >= 0.3 is 0 Å². The van der Waals surface area contributed by atoms with Gasteiger partial charge in [-0.3, -0.25) is 9.59 Å². The first kappa shape index (κ1) is 20.8. The van der Waals surface area contributed by atoms with Gasteiger partial charge in [-0.15, -0.1) is 11.3 Å². The zero-order valence-corrected chi connectivity index (χ0v) is 17.7. The fraction of sp³-hybridized carbons (Fsp3) is 0.217. The minimum Gasteiger partial charge on any atom is -0.325 e. The number of quaternary nitrogens is 1. The number of nitrogens with one attached hydrogen (secondary N) is 3. The van der Waals surface area contributed by atoms with Gasteiger partial charge in [-0.1, -0.05) is 24.3 Å². The molecule has 1 unspecified atom stereocenters. The Labute approximate surface area is 175 Å². The lowest BCUT2D eigenvalue weighted by atomic mass is 10.1. The van der Waals surface area contributed by atoms with Gasteiger partial charge in [0.15, 0.2) is 6.54 Å². The molecule has 6 heteroatoms. The standard InChI is InChI=1S/C23H25N3O2S/c1-16-7-6-8-18(13-16)24-23(28)19-9-4-5-10-20(19)25-22(27)15-26(3)14-21-17(2)11-12-29-21/h4-13H,14-15H2,1-3H3,(H,24,28)(H,25,27)/p+1. The summed E-state index contributed by atoms with van der Waals surface area (Å²) in [6.07, 6.45) is 0. The molecule has 3 rings (SSSR count). The monoisotopic (exact) mass is 408 g/mol. The molecular weight excluding hydrogens is 382 g/mol. The van der Waals surface area contributed by atoms with Gasteiger partial charge in [-0.2, -0.15) is 0 Å². The second-order valence-corrected chi connectivity index (χ2v) is 8.26. The van der Waals surface area contributed by atoms with Crippen LogP contribution in [0.3, 0.4) is 0 Å². The number of amides is 2. The molecule has 3 N–H and O–H groups in total. The van der Waals surface area contributed by atoms with Crippen molar-refractivity contribution in [1.82, 2.24) is 0 Å². The molecule has 1 aromatic heterocycles. The van der Waals surface area contributed by atoms with Crippen LogP contribution in [0, 0.1) is 13.8 Å². The predicted molar refractivity (Wildman–Crippen MR) is 119 cm³/mol. The first-order valence-electron chi connectivity index (χ1n) is 9.53. The van der Waals surface area contributed by atoms with Gasteiger partial charge in [0.05, 0.1) is 23.2 Å². The third kappa shape index (κ3) is 5.76. The van der Waals surface area contributed by atoms with Gasteiger partial charge in [-0.05, 0) is 60.7 Å². The number of para-hydroxylation sites is 1. The largest absolute Gasteiger partial charge is 0.325 e. The number of carbonyl (C=O) groups is 2. The molecule has 0 aliphatic heterocycles. The number of rotatable bonds is 7. The molecule has 0 aliphatic rings. The first-order chi connectivity index (χ1) is 13.9. The normalized spacial score (nSPS) is 11.7. The maximum atomic E-state index is 12.7. The molecule has 1 atom stereocenters. The molecule has 0 fully saturated rings. The molecule has 0 bridgehead atoms. The van der Waals surface area contributed by atoms with Gasteiger partial charge in [0, 0.05) is 5.69 Å². The van der Waals surface area contributed by atoms with E-state index in [0.29, 0.717) is 17.8 Å². The smallest absolute Gasteiger partial charge is 0.279 e. The molecule has 1 heterocycles. The van der Waals surface area contributed by atoms with Crippen molar-refractivity contribution in [2.45, 2.75) is 20.4 Å². The van der Waals surface area contributed by atoms with Crippen molar-refractivity contribution in [2.24, 2.45) is 0 Å². The second-order valence-electron chi connectivity index (χ2n) is 7.25. The Morgan fingerprint density at radius 3 is 2.52 bits per heavy atom. The van der Waals surface area contributed by atoms with E-state index in [0.717, 1.165) is 22.7 Å². The van der Waals surface area contributed by atoms with Crippen molar-refractivity contribution in [3.63, 3.8) is 0 Å². The minimum absolute atomic E-state index is 0.118. The highest BCUT2D eigenvalue weighted by Gasteiger charge is 2.16. The van der Waals surface area contributed by atoms with Crippen LogP contribution in [-0.4, -0.2) is 25.4 Å². The number of aryl methyl sites for hydroxylation is 2. The highest BCUT2D eigenvalue weighted by atomic mass is 32.1. The maximum absolute atomic E-state index is 12.7. The molecular formula is C23H26N3O2S+. The van der Waals surface area contributed by atoms with Crippen LogP contribution in [0.15, 0.2) is 60.0 Å². The number of anilines is 2. The maximum Gasteiger partial charge on any atom is 0.279 e. The summed E-state index contributed by atoms with van der Waals surface area (Å²) in [6.45, 7) is 5.18. The number of benzene rings is 2. The predicted octanol–water partition coefficient (Wildman–Crippen LogP) is 3.27. The van der Waals surface area contributed by atoms with Crippen molar-refractivity contribution in [3.05, 3.63) is 81.5 Å². The second kappa shape index (κ2) is 9.49. The summed E-state index contributed by atoms with van der Waals surface area (Å²) in [5, 5.41) is 7.86. The molecule has 150 valence electrons. The Balaban J connectivity index is 1.64.